The number of unbranched alkanes of at least 4 members (excludes halogenated alkanes) is 1. The van der Waals surface area contributed by atoms with E-state index in [9.17, 15) is 4.79 Å². The van der Waals surface area contributed by atoms with Crippen LogP contribution in [0.25, 0.3) is 10.9 Å². The van der Waals surface area contributed by atoms with E-state index in [0.29, 0.717) is 13.0 Å². The molecular weight excluding hydrogens is 340 g/mol. The van der Waals surface area contributed by atoms with Gasteiger partial charge in [-0.05, 0) is 57.9 Å². The summed E-state index contributed by atoms with van der Waals surface area (Å²) in [6, 6.07) is 7.54. The van der Waals surface area contributed by atoms with Crippen LogP contribution in [0.2, 0.25) is 0 Å². The maximum Gasteiger partial charge on any atom is 0.256 e. The maximum absolute atomic E-state index is 13.1. The first-order valence-electron chi connectivity index (χ1n) is 9.91. The Morgan fingerprint density at radius 1 is 1.22 bits per heavy atom. The number of hydrogen-bond acceptors (Lipinski definition) is 4. The summed E-state index contributed by atoms with van der Waals surface area (Å²) >= 11 is 0. The van der Waals surface area contributed by atoms with Gasteiger partial charge in [-0.15, -0.1) is 0 Å². The summed E-state index contributed by atoms with van der Waals surface area (Å²) in [4.78, 5) is 17.5. The molecule has 1 aromatic heterocycles. The van der Waals surface area contributed by atoms with Crippen molar-refractivity contribution in [2.75, 3.05) is 11.9 Å². The molecule has 2 aromatic rings. The van der Waals surface area contributed by atoms with Crippen LogP contribution < -0.4 is 10.1 Å². The molecule has 5 nitrogen and oxygen atoms in total. The smallest absolute Gasteiger partial charge is 0.256 e. The molecule has 2 rings (SSSR count). The van der Waals surface area contributed by atoms with Gasteiger partial charge in [0.25, 0.3) is 5.91 Å². The quantitative estimate of drug-likeness (QED) is 0.612. The first kappa shape index (κ1) is 21.2. The van der Waals surface area contributed by atoms with Gasteiger partial charge in [-0.3, -0.25) is 9.78 Å². The topological polar surface area (TPSA) is 60.5 Å². The second kappa shape index (κ2) is 9.70. The van der Waals surface area contributed by atoms with Crippen LogP contribution in [0, 0.1) is 0 Å². The van der Waals surface area contributed by atoms with E-state index < -0.39 is 5.60 Å². The number of fused-ring (bicyclic) bond motifs is 1. The maximum atomic E-state index is 13.1. The molecule has 0 spiro atoms. The lowest BCUT2D eigenvalue weighted by atomic mass is 9.97. The van der Waals surface area contributed by atoms with Gasteiger partial charge in [0.2, 0.25) is 0 Å². The van der Waals surface area contributed by atoms with Crippen molar-refractivity contribution in [1.29, 1.82) is 0 Å². The predicted octanol–water partition coefficient (Wildman–Crippen LogP) is 5.34. The standard InChI is InChI=1S/C22H32N2O3/c1-6-8-13-22(5,26-15-7-2)21(25)24-18-11-12-19(27-16(3)4)20-17(18)10-9-14-23-20/h9-12,14,16H,6-8,13,15H2,1-5H3,(H,24,25)/t22-/m1/s1. The van der Waals surface area contributed by atoms with Gasteiger partial charge in [0, 0.05) is 18.2 Å². The van der Waals surface area contributed by atoms with Crippen LogP contribution in [0.3, 0.4) is 0 Å². The van der Waals surface area contributed by atoms with Gasteiger partial charge in [-0.2, -0.15) is 0 Å². The van der Waals surface area contributed by atoms with E-state index >= 15 is 0 Å². The molecule has 27 heavy (non-hydrogen) atoms. The van der Waals surface area contributed by atoms with Crippen LogP contribution in [0.1, 0.15) is 60.3 Å². The molecule has 0 radical (unpaired) electrons. The number of amides is 1. The minimum absolute atomic E-state index is 0.0513. The van der Waals surface area contributed by atoms with Gasteiger partial charge in [0.05, 0.1) is 11.8 Å². The van der Waals surface area contributed by atoms with Crippen molar-refractivity contribution in [2.45, 2.75) is 72.0 Å². The highest BCUT2D eigenvalue weighted by Gasteiger charge is 2.33. The van der Waals surface area contributed by atoms with Crippen LogP contribution >= 0.6 is 0 Å². The number of ether oxygens (including phenoxy) is 2. The van der Waals surface area contributed by atoms with Crippen molar-refractivity contribution in [3.8, 4) is 5.75 Å². The second-order valence-corrected chi connectivity index (χ2v) is 7.31. The van der Waals surface area contributed by atoms with Gasteiger partial charge in [-0.1, -0.05) is 26.7 Å². The Bertz CT molecular complexity index is 750. The van der Waals surface area contributed by atoms with Crippen molar-refractivity contribution < 1.29 is 14.3 Å². The number of rotatable bonds is 10. The number of nitrogens with one attached hydrogen (secondary N) is 1. The Kier molecular flexibility index (Phi) is 7.60. The molecule has 148 valence electrons. The average Bonchev–Trinajstić information content (AvgIpc) is 2.66. The van der Waals surface area contributed by atoms with Crippen LogP contribution in [-0.4, -0.2) is 29.2 Å². The van der Waals surface area contributed by atoms with Crippen LogP contribution in [-0.2, 0) is 9.53 Å². The average molecular weight is 373 g/mol. The van der Waals surface area contributed by atoms with E-state index in [2.05, 4.69) is 17.2 Å². The third kappa shape index (κ3) is 5.42. The molecule has 0 fully saturated rings. The van der Waals surface area contributed by atoms with E-state index in [1.54, 1.807) is 6.20 Å². The van der Waals surface area contributed by atoms with E-state index in [4.69, 9.17) is 9.47 Å². The zero-order chi connectivity index (χ0) is 19.9. The van der Waals surface area contributed by atoms with Gasteiger partial charge in [-0.25, -0.2) is 0 Å². The highest BCUT2D eigenvalue weighted by molar-refractivity contribution is 6.05. The monoisotopic (exact) mass is 372 g/mol. The molecular formula is C22H32N2O3. The summed E-state index contributed by atoms with van der Waals surface area (Å²) < 4.78 is 11.8. The van der Waals surface area contributed by atoms with Gasteiger partial charge in [0.15, 0.2) is 0 Å². The van der Waals surface area contributed by atoms with Gasteiger partial charge < -0.3 is 14.8 Å². The van der Waals surface area contributed by atoms with Gasteiger partial charge in [0.1, 0.15) is 16.9 Å². The minimum atomic E-state index is -0.840. The Labute approximate surface area is 162 Å². The fourth-order valence-corrected chi connectivity index (χ4v) is 2.95. The van der Waals surface area contributed by atoms with Crippen molar-refractivity contribution in [2.24, 2.45) is 0 Å². The lowest BCUT2D eigenvalue weighted by molar-refractivity contribution is -0.140. The Balaban J connectivity index is 2.32. The second-order valence-electron chi connectivity index (χ2n) is 7.31. The van der Waals surface area contributed by atoms with Crippen molar-refractivity contribution in [3.05, 3.63) is 30.5 Å². The number of hydrogen-bond donors (Lipinski definition) is 1. The third-order valence-corrected chi connectivity index (χ3v) is 4.46. The molecule has 1 N–H and O–H groups in total. The minimum Gasteiger partial charge on any atom is -0.489 e. The lowest BCUT2D eigenvalue weighted by Crippen LogP contribution is -2.43. The molecule has 1 heterocycles. The number of nitrogens with zero attached hydrogens (tertiary/aromatic N) is 1. The summed E-state index contributed by atoms with van der Waals surface area (Å²) in [7, 11) is 0. The number of anilines is 1. The summed E-state index contributed by atoms with van der Waals surface area (Å²) in [5, 5.41) is 3.92. The first-order chi connectivity index (χ1) is 12.9. The molecule has 5 heteroatoms. The molecule has 0 aliphatic rings. The fourth-order valence-electron chi connectivity index (χ4n) is 2.95. The number of benzene rings is 1. The fraction of sp³-hybridized carbons (Fsp3) is 0.545. The molecule has 1 atom stereocenters. The molecule has 0 saturated heterocycles. The van der Waals surface area contributed by atoms with E-state index in [0.717, 1.165) is 41.6 Å². The van der Waals surface area contributed by atoms with E-state index in [1.807, 2.05) is 52.0 Å². The van der Waals surface area contributed by atoms with Crippen molar-refractivity contribution in [1.82, 2.24) is 4.98 Å². The Hall–Kier alpha value is -2.14. The highest BCUT2D eigenvalue weighted by atomic mass is 16.5. The van der Waals surface area contributed by atoms with Crippen molar-refractivity contribution in [3.63, 3.8) is 0 Å². The largest absolute Gasteiger partial charge is 0.489 e. The summed E-state index contributed by atoms with van der Waals surface area (Å²) in [6.45, 7) is 10.6. The Morgan fingerprint density at radius 3 is 2.67 bits per heavy atom. The van der Waals surface area contributed by atoms with Crippen LogP contribution in [0.5, 0.6) is 5.75 Å². The molecule has 1 amide bonds. The molecule has 0 aliphatic carbocycles. The normalized spacial score (nSPS) is 13.6. The first-order valence-corrected chi connectivity index (χ1v) is 9.91. The third-order valence-electron chi connectivity index (χ3n) is 4.46. The summed E-state index contributed by atoms with van der Waals surface area (Å²) in [5.74, 6) is 0.599. The molecule has 0 saturated carbocycles. The number of carbonyl (C=O) groups is 1. The zero-order valence-corrected chi connectivity index (χ0v) is 17.2. The summed E-state index contributed by atoms with van der Waals surface area (Å²) in [5.41, 5.74) is 0.629. The van der Waals surface area contributed by atoms with E-state index in [1.165, 1.54) is 0 Å². The van der Waals surface area contributed by atoms with Crippen molar-refractivity contribution >= 4 is 22.5 Å². The van der Waals surface area contributed by atoms with Crippen LogP contribution in [0.4, 0.5) is 5.69 Å². The lowest BCUT2D eigenvalue weighted by Gasteiger charge is -2.29. The number of carbonyl (C=O) groups excluding carboxylic acids is 1. The molecule has 1 aromatic carbocycles. The zero-order valence-electron chi connectivity index (χ0n) is 17.2. The molecule has 0 aliphatic heterocycles. The predicted molar refractivity (Wildman–Crippen MR) is 110 cm³/mol. The molecule has 0 unspecified atom stereocenters. The summed E-state index contributed by atoms with van der Waals surface area (Å²) in [6.07, 6.45) is 5.32. The van der Waals surface area contributed by atoms with Crippen LogP contribution in [0.15, 0.2) is 30.5 Å². The molecule has 0 bridgehead atoms. The van der Waals surface area contributed by atoms with E-state index in [-0.39, 0.29) is 12.0 Å². The number of pyridine rings is 1. The Morgan fingerprint density at radius 2 is 2.00 bits per heavy atom. The van der Waals surface area contributed by atoms with Gasteiger partial charge >= 0.3 is 0 Å². The number of aromatic nitrogens is 1. The highest BCUT2D eigenvalue weighted by Crippen LogP contribution is 2.32. The SMILES string of the molecule is CCCC[C@@](C)(OCCC)C(=O)Nc1ccc(OC(C)C)c2ncccc12.